The van der Waals surface area contributed by atoms with Crippen molar-refractivity contribution < 1.29 is 9.59 Å². The molecule has 1 saturated heterocycles. The Morgan fingerprint density at radius 2 is 1.95 bits per heavy atom. The van der Waals surface area contributed by atoms with Gasteiger partial charge in [0.2, 0.25) is 11.8 Å². The molecule has 2 unspecified atom stereocenters. The molecule has 19 heavy (non-hydrogen) atoms. The number of allylic oxidation sites excluding steroid dienone is 2. The second-order valence-corrected chi connectivity index (χ2v) is 5.63. The van der Waals surface area contributed by atoms with E-state index in [-0.39, 0.29) is 23.7 Å². The van der Waals surface area contributed by atoms with Crippen LogP contribution in [0, 0.1) is 11.8 Å². The van der Waals surface area contributed by atoms with Crippen molar-refractivity contribution in [3.63, 3.8) is 0 Å². The third-order valence-corrected chi connectivity index (χ3v) is 4.12. The minimum Gasteiger partial charge on any atom is -0.274 e. The maximum Gasteiger partial charge on any atom is 0.238 e. The Hall–Kier alpha value is -1.61. The van der Waals surface area contributed by atoms with Crippen LogP contribution in [0.1, 0.15) is 19.8 Å². The van der Waals surface area contributed by atoms with Crippen LogP contribution in [0.15, 0.2) is 35.9 Å². The first-order valence-electron chi connectivity index (χ1n) is 6.37. The van der Waals surface area contributed by atoms with Gasteiger partial charge in [-0.05, 0) is 38.0 Å². The number of carbonyl (C=O) groups is 2. The van der Waals surface area contributed by atoms with Gasteiger partial charge >= 0.3 is 0 Å². The molecule has 1 fully saturated rings. The van der Waals surface area contributed by atoms with Crippen molar-refractivity contribution >= 4 is 29.1 Å². The van der Waals surface area contributed by atoms with Crippen molar-refractivity contribution in [3.05, 3.63) is 40.9 Å². The van der Waals surface area contributed by atoms with Gasteiger partial charge in [-0.15, -0.1) is 0 Å². The summed E-state index contributed by atoms with van der Waals surface area (Å²) in [6.07, 6.45) is 3.41. The van der Waals surface area contributed by atoms with Crippen LogP contribution < -0.4 is 4.90 Å². The Labute approximate surface area is 116 Å². The summed E-state index contributed by atoms with van der Waals surface area (Å²) in [6.45, 7) is 2.01. The summed E-state index contributed by atoms with van der Waals surface area (Å²) in [7, 11) is 0. The fourth-order valence-electron chi connectivity index (χ4n) is 2.91. The highest BCUT2D eigenvalue weighted by atomic mass is 35.5. The van der Waals surface area contributed by atoms with E-state index < -0.39 is 0 Å². The number of hydrogen-bond donors (Lipinski definition) is 0. The molecule has 1 aromatic rings. The van der Waals surface area contributed by atoms with Crippen LogP contribution in [0.5, 0.6) is 0 Å². The smallest absolute Gasteiger partial charge is 0.238 e. The largest absolute Gasteiger partial charge is 0.274 e. The van der Waals surface area contributed by atoms with E-state index in [0.717, 1.165) is 0 Å². The molecule has 3 nitrogen and oxygen atoms in total. The molecule has 1 aliphatic heterocycles. The number of hydrogen-bond acceptors (Lipinski definition) is 2. The second kappa shape index (κ2) is 4.49. The molecule has 0 N–H and O–H groups in total. The Balaban J connectivity index is 1.97. The lowest BCUT2D eigenvalue weighted by molar-refractivity contribution is -0.122. The maximum absolute atomic E-state index is 12.4. The van der Waals surface area contributed by atoms with Crippen LogP contribution in [0.3, 0.4) is 0 Å². The number of benzene rings is 1. The second-order valence-electron chi connectivity index (χ2n) is 5.20. The zero-order valence-electron chi connectivity index (χ0n) is 10.6. The van der Waals surface area contributed by atoms with Crippen molar-refractivity contribution in [2.75, 3.05) is 4.90 Å². The molecule has 1 heterocycles. The van der Waals surface area contributed by atoms with Gasteiger partial charge in [-0.2, -0.15) is 0 Å². The molecule has 1 aliphatic carbocycles. The number of carbonyl (C=O) groups excluding carboxylic acids is 2. The summed E-state index contributed by atoms with van der Waals surface area (Å²) < 4.78 is 0. The fraction of sp³-hybridized carbons (Fsp3) is 0.333. The van der Waals surface area contributed by atoms with Gasteiger partial charge in [0.25, 0.3) is 0 Å². The van der Waals surface area contributed by atoms with Gasteiger partial charge in [0.1, 0.15) is 0 Å². The van der Waals surface area contributed by atoms with Crippen molar-refractivity contribution in [2.45, 2.75) is 19.8 Å². The number of amides is 2. The summed E-state index contributed by atoms with van der Waals surface area (Å²) in [6, 6.07) is 6.90. The number of nitrogens with zero attached hydrogens (tertiary/aromatic N) is 1. The molecule has 0 bridgehead atoms. The predicted molar refractivity (Wildman–Crippen MR) is 73.9 cm³/mol. The minimum atomic E-state index is -0.199. The first-order valence-corrected chi connectivity index (χ1v) is 6.75. The van der Waals surface area contributed by atoms with Gasteiger partial charge in [0.15, 0.2) is 0 Å². The van der Waals surface area contributed by atoms with Gasteiger partial charge in [-0.1, -0.05) is 29.3 Å². The molecule has 1 aromatic carbocycles. The van der Waals surface area contributed by atoms with E-state index >= 15 is 0 Å². The van der Waals surface area contributed by atoms with E-state index in [2.05, 4.69) is 6.08 Å². The van der Waals surface area contributed by atoms with Crippen LogP contribution in [0.25, 0.3) is 0 Å². The predicted octanol–water partition coefficient (Wildman–Crippen LogP) is 3.19. The van der Waals surface area contributed by atoms with E-state index in [1.54, 1.807) is 24.3 Å². The summed E-state index contributed by atoms with van der Waals surface area (Å²) in [5.74, 6) is -0.586. The summed E-state index contributed by atoms with van der Waals surface area (Å²) in [5.41, 5.74) is 1.77. The number of imide groups is 1. The van der Waals surface area contributed by atoms with Crippen molar-refractivity contribution in [3.8, 4) is 0 Å². The lowest BCUT2D eigenvalue weighted by Gasteiger charge is -2.18. The average Bonchev–Trinajstić information content (AvgIpc) is 2.61. The monoisotopic (exact) mass is 275 g/mol. The third kappa shape index (κ3) is 1.98. The molecule has 4 heteroatoms. The molecule has 0 spiro atoms. The van der Waals surface area contributed by atoms with E-state index in [1.165, 1.54) is 10.5 Å². The Kier molecular flexibility index (Phi) is 2.94. The zero-order valence-corrected chi connectivity index (χ0v) is 11.4. The van der Waals surface area contributed by atoms with Crippen LogP contribution in [-0.2, 0) is 9.59 Å². The standard InChI is InChI=1S/C15H14ClNO2/c1-9-5-6-12-13(7-9)15(19)17(14(12)18)11-4-2-3-10(16)8-11/h2-5,8,12-13H,6-7H2,1H3. The topological polar surface area (TPSA) is 37.4 Å². The van der Waals surface area contributed by atoms with Crippen molar-refractivity contribution in [1.82, 2.24) is 0 Å². The van der Waals surface area contributed by atoms with Gasteiger partial charge in [-0.25, -0.2) is 4.90 Å². The summed E-state index contributed by atoms with van der Waals surface area (Å²) in [4.78, 5) is 26.1. The Morgan fingerprint density at radius 1 is 1.21 bits per heavy atom. The summed E-state index contributed by atoms with van der Waals surface area (Å²) in [5, 5.41) is 0.530. The molecule has 0 saturated carbocycles. The number of fused-ring (bicyclic) bond motifs is 1. The third-order valence-electron chi connectivity index (χ3n) is 3.89. The van der Waals surface area contributed by atoms with Crippen molar-refractivity contribution in [2.24, 2.45) is 11.8 Å². The first-order chi connectivity index (χ1) is 9.08. The van der Waals surface area contributed by atoms with Gasteiger partial charge < -0.3 is 0 Å². The molecule has 0 radical (unpaired) electrons. The van der Waals surface area contributed by atoms with Crippen LogP contribution in [0.4, 0.5) is 5.69 Å². The highest BCUT2D eigenvalue weighted by Gasteiger charge is 2.48. The van der Waals surface area contributed by atoms with Crippen LogP contribution >= 0.6 is 11.6 Å². The molecule has 2 amide bonds. The van der Waals surface area contributed by atoms with Crippen LogP contribution in [0.2, 0.25) is 5.02 Å². The van der Waals surface area contributed by atoms with Crippen molar-refractivity contribution in [1.29, 1.82) is 0 Å². The highest BCUT2D eigenvalue weighted by molar-refractivity contribution is 6.31. The van der Waals surface area contributed by atoms with E-state index in [1.807, 2.05) is 6.92 Å². The van der Waals surface area contributed by atoms with Gasteiger partial charge in [0.05, 0.1) is 17.5 Å². The molecule has 0 aromatic heterocycles. The van der Waals surface area contributed by atoms with E-state index in [0.29, 0.717) is 23.6 Å². The zero-order chi connectivity index (χ0) is 13.6. The van der Waals surface area contributed by atoms with Gasteiger partial charge in [0, 0.05) is 5.02 Å². The number of rotatable bonds is 1. The van der Waals surface area contributed by atoms with E-state index in [9.17, 15) is 9.59 Å². The summed E-state index contributed by atoms with van der Waals surface area (Å²) >= 11 is 5.94. The minimum absolute atomic E-state index is 0.0929. The molecular formula is C15H14ClNO2. The molecule has 2 atom stereocenters. The highest BCUT2D eigenvalue weighted by Crippen LogP contribution is 2.39. The first kappa shape index (κ1) is 12.4. The lowest BCUT2D eigenvalue weighted by Crippen LogP contribution is -2.30. The van der Waals surface area contributed by atoms with E-state index in [4.69, 9.17) is 11.6 Å². The van der Waals surface area contributed by atoms with Gasteiger partial charge in [-0.3, -0.25) is 9.59 Å². The lowest BCUT2D eigenvalue weighted by atomic mass is 9.82. The average molecular weight is 276 g/mol. The quantitative estimate of drug-likeness (QED) is 0.583. The molecule has 2 aliphatic rings. The Bertz CT molecular complexity index is 594. The molecule has 98 valence electrons. The van der Waals surface area contributed by atoms with Crippen LogP contribution in [-0.4, -0.2) is 11.8 Å². The maximum atomic E-state index is 12.4. The number of halogens is 1. The SMILES string of the molecule is CC1=CCC2C(=O)N(c3cccc(Cl)c3)C(=O)C2C1. The normalized spacial score (nSPS) is 26.4. The number of anilines is 1. The fourth-order valence-corrected chi connectivity index (χ4v) is 3.09. The molecule has 3 rings (SSSR count). The Morgan fingerprint density at radius 3 is 2.68 bits per heavy atom. The molecular weight excluding hydrogens is 262 g/mol.